The molecule has 0 spiro atoms. The average molecular weight is 482 g/mol. The van der Waals surface area contributed by atoms with Gasteiger partial charge in [0.25, 0.3) is 0 Å². The molecule has 35 heavy (non-hydrogen) atoms. The minimum absolute atomic E-state index is 0.0165. The van der Waals surface area contributed by atoms with Crippen LogP contribution in [0.25, 0.3) is 22.3 Å². The molecule has 5 rings (SSSR count). The van der Waals surface area contributed by atoms with Crippen molar-refractivity contribution >= 4 is 22.9 Å². The Bertz CT molecular complexity index is 1280. The van der Waals surface area contributed by atoms with Crippen molar-refractivity contribution in [2.75, 3.05) is 31.6 Å². The number of rotatable bonds is 4. The van der Waals surface area contributed by atoms with Crippen LogP contribution in [-0.2, 0) is 4.74 Å². The lowest BCUT2D eigenvalue weighted by Gasteiger charge is -2.33. The van der Waals surface area contributed by atoms with E-state index >= 15 is 0 Å². The van der Waals surface area contributed by atoms with Gasteiger partial charge in [0.1, 0.15) is 17.5 Å². The van der Waals surface area contributed by atoms with Gasteiger partial charge in [-0.15, -0.1) is 0 Å². The van der Waals surface area contributed by atoms with Crippen molar-refractivity contribution in [1.29, 1.82) is 5.26 Å². The molecule has 1 aliphatic carbocycles. The van der Waals surface area contributed by atoms with Crippen molar-refractivity contribution in [3.8, 4) is 17.3 Å². The first kappa shape index (κ1) is 23.0. The fraction of sp³-hybridized carbons (Fsp3) is 0.417. The van der Waals surface area contributed by atoms with Crippen LogP contribution >= 0.6 is 0 Å². The standard InChI is InChI=1S/C24H25F2N7O2/c25-15-9-18-19(13-29-22(18)28-12-15)21-14(11-27)8-20(26)23(32-21)30-16-2-1-3-17(10-16)31-24(34)33-4-6-35-7-5-33/h8-9,12-13,16-17H,1-7,10H2,(H,28,29)(H,30,32)(H,31,34). The second-order valence-corrected chi connectivity index (χ2v) is 8.83. The summed E-state index contributed by atoms with van der Waals surface area (Å²) in [7, 11) is 0. The molecule has 0 bridgehead atoms. The first-order chi connectivity index (χ1) is 17.0. The molecule has 3 aromatic heterocycles. The number of ether oxygens (including phenoxy) is 1. The van der Waals surface area contributed by atoms with Crippen molar-refractivity contribution in [1.82, 2.24) is 25.2 Å². The number of urea groups is 1. The number of pyridine rings is 2. The van der Waals surface area contributed by atoms with E-state index in [0.717, 1.165) is 31.5 Å². The second-order valence-electron chi connectivity index (χ2n) is 8.83. The Morgan fingerprint density at radius 1 is 1.23 bits per heavy atom. The van der Waals surface area contributed by atoms with Crippen LogP contribution < -0.4 is 10.6 Å². The Morgan fingerprint density at radius 3 is 2.83 bits per heavy atom. The van der Waals surface area contributed by atoms with Crippen LogP contribution in [0.5, 0.6) is 0 Å². The first-order valence-corrected chi connectivity index (χ1v) is 11.6. The monoisotopic (exact) mass is 481 g/mol. The van der Waals surface area contributed by atoms with Gasteiger partial charge in [-0.25, -0.2) is 23.5 Å². The van der Waals surface area contributed by atoms with E-state index < -0.39 is 11.6 Å². The number of hydrogen-bond donors (Lipinski definition) is 3. The number of H-pyrrole nitrogens is 1. The van der Waals surface area contributed by atoms with Crippen LogP contribution in [0.1, 0.15) is 31.2 Å². The lowest BCUT2D eigenvalue weighted by Crippen LogP contribution is -2.51. The zero-order chi connectivity index (χ0) is 24.4. The minimum atomic E-state index is -0.645. The second kappa shape index (κ2) is 9.84. The molecule has 1 saturated carbocycles. The highest BCUT2D eigenvalue weighted by atomic mass is 19.1. The summed E-state index contributed by atoms with van der Waals surface area (Å²) in [6.07, 6.45) is 5.80. The number of aromatic nitrogens is 3. The summed E-state index contributed by atoms with van der Waals surface area (Å²) >= 11 is 0. The fourth-order valence-corrected chi connectivity index (χ4v) is 4.73. The van der Waals surface area contributed by atoms with Crippen LogP contribution in [0.3, 0.4) is 0 Å². The van der Waals surface area contributed by atoms with Gasteiger partial charge >= 0.3 is 6.03 Å². The van der Waals surface area contributed by atoms with Crippen molar-refractivity contribution < 1.29 is 18.3 Å². The molecule has 0 aromatic carbocycles. The van der Waals surface area contributed by atoms with Gasteiger partial charge in [-0.3, -0.25) is 0 Å². The van der Waals surface area contributed by atoms with Gasteiger partial charge in [-0.2, -0.15) is 5.26 Å². The molecule has 9 nitrogen and oxygen atoms in total. The molecule has 2 amide bonds. The van der Waals surface area contributed by atoms with Crippen molar-refractivity contribution in [2.45, 2.75) is 37.8 Å². The molecule has 182 valence electrons. The van der Waals surface area contributed by atoms with Crippen LogP contribution in [0, 0.1) is 23.0 Å². The summed E-state index contributed by atoms with van der Waals surface area (Å²) in [5.41, 5.74) is 1.18. The highest BCUT2D eigenvalue weighted by molar-refractivity contribution is 5.94. The number of nitriles is 1. The summed E-state index contributed by atoms with van der Waals surface area (Å²) in [6, 6.07) is 4.16. The molecule has 11 heteroatoms. The van der Waals surface area contributed by atoms with Gasteiger partial charge in [-0.05, 0) is 37.8 Å². The van der Waals surface area contributed by atoms with Crippen LogP contribution in [-0.4, -0.2) is 64.3 Å². The SMILES string of the molecule is N#Cc1cc(F)c(NC2CCCC(NC(=O)N3CCOCC3)C2)nc1-c1c[nH]c2ncc(F)cc12. The molecule has 3 N–H and O–H groups in total. The summed E-state index contributed by atoms with van der Waals surface area (Å²) in [5, 5.41) is 16.3. The van der Waals surface area contributed by atoms with E-state index in [4.69, 9.17) is 4.74 Å². The maximum Gasteiger partial charge on any atom is 0.317 e. The van der Waals surface area contributed by atoms with E-state index in [2.05, 4.69) is 25.6 Å². The topological polar surface area (TPSA) is 119 Å². The van der Waals surface area contributed by atoms with E-state index in [1.165, 1.54) is 6.07 Å². The van der Waals surface area contributed by atoms with Gasteiger partial charge < -0.3 is 25.3 Å². The van der Waals surface area contributed by atoms with E-state index in [1.807, 2.05) is 6.07 Å². The number of nitrogens with zero attached hydrogens (tertiary/aromatic N) is 4. The lowest BCUT2D eigenvalue weighted by molar-refractivity contribution is 0.0521. The molecule has 4 heterocycles. The summed E-state index contributed by atoms with van der Waals surface area (Å²) in [4.78, 5) is 25.7. The zero-order valence-electron chi connectivity index (χ0n) is 19.0. The van der Waals surface area contributed by atoms with Crippen LogP contribution in [0.2, 0.25) is 0 Å². The van der Waals surface area contributed by atoms with Gasteiger partial charge in [0.05, 0.1) is 30.7 Å². The fourth-order valence-electron chi connectivity index (χ4n) is 4.73. The molecule has 2 atom stereocenters. The highest BCUT2D eigenvalue weighted by Crippen LogP contribution is 2.32. The van der Waals surface area contributed by atoms with Gasteiger partial charge in [0.15, 0.2) is 11.6 Å². The molecule has 2 aliphatic rings. The summed E-state index contributed by atoms with van der Waals surface area (Å²) in [6.45, 7) is 2.20. The maximum atomic E-state index is 14.9. The molecule has 2 fully saturated rings. The number of fused-ring (bicyclic) bond motifs is 1. The Morgan fingerprint density at radius 2 is 2.03 bits per heavy atom. The molecule has 1 aliphatic heterocycles. The lowest BCUT2D eigenvalue weighted by atomic mass is 9.91. The highest BCUT2D eigenvalue weighted by Gasteiger charge is 2.27. The van der Waals surface area contributed by atoms with Gasteiger partial charge in [0, 0.05) is 42.3 Å². The number of carbonyl (C=O) groups is 1. The number of aromatic amines is 1. The van der Waals surface area contributed by atoms with E-state index in [9.17, 15) is 18.8 Å². The Labute approximate surface area is 200 Å². The van der Waals surface area contributed by atoms with Crippen molar-refractivity contribution in [2.24, 2.45) is 0 Å². The van der Waals surface area contributed by atoms with E-state index in [0.29, 0.717) is 49.3 Å². The average Bonchev–Trinajstić information content (AvgIpc) is 3.28. The summed E-state index contributed by atoms with van der Waals surface area (Å²) < 4.78 is 34.0. The van der Waals surface area contributed by atoms with Crippen LogP contribution in [0.15, 0.2) is 24.5 Å². The molecular formula is C24H25F2N7O2. The normalized spacial score (nSPS) is 20.4. The predicted molar refractivity (Wildman–Crippen MR) is 125 cm³/mol. The number of morpholine rings is 1. The quantitative estimate of drug-likeness (QED) is 0.525. The largest absolute Gasteiger partial charge is 0.378 e. The third-order valence-corrected chi connectivity index (χ3v) is 6.49. The predicted octanol–water partition coefficient (Wildman–Crippen LogP) is 3.54. The molecule has 3 aromatic rings. The Kier molecular flexibility index (Phi) is 6.46. The zero-order valence-corrected chi connectivity index (χ0v) is 19.0. The molecule has 0 radical (unpaired) electrons. The minimum Gasteiger partial charge on any atom is -0.378 e. The van der Waals surface area contributed by atoms with E-state index in [-0.39, 0.29) is 35.2 Å². The van der Waals surface area contributed by atoms with Crippen LogP contribution in [0.4, 0.5) is 19.4 Å². The maximum absolute atomic E-state index is 14.9. The van der Waals surface area contributed by atoms with Gasteiger partial charge in [0.2, 0.25) is 0 Å². The van der Waals surface area contributed by atoms with Gasteiger partial charge in [-0.1, -0.05) is 0 Å². The van der Waals surface area contributed by atoms with Crippen molar-refractivity contribution in [3.63, 3.8) is 0 Å². The number of amides is 2. The Balaban J connectivity index is 1.35. The first-order valence-electron chi connectivity index (χ1n) is 11.6. The van der Waals surface area contributed by atoms with Crippen molar-refractivity contribution in [3.05, 3.63) is 41.7 Å². The Hall–Kier alpha value is -3.78. The number of hydrogen-bond acceptors (Lipinski definition) is 6. The number of anilines is 1. The number of halogens is 2. The molecule has 2 unspecified atom stereocenters. The molecule has 1 saturated heterocycles. The number of nitrogens with one attached hydrogen (secondary N) is 3. The third-order valence-electron chi connectivity index (χ3n) is 6.49. The number of carbonyl (C=O) groups excluding carboxylic acids is 1. The smallest absolute Gasteiger partial charge is 0.317 e. The van der Waals surface area contributed by atoms with E-state index in [1.54, 1.807) is 11.1 Å². The molecular weight excluding hydrogens is 456 g/mol. The third kappa shape index (κ3) is 4.88. The summed E-state index contributed by atoms with van der Waals surface area (Å²) in [5.74, 6) is -1.15.